The van der Waals surface area contributed by atoms with Crippen LogP contribution in [0.4, 0.5) is 0 Å². The van der Waals surface area contributed by atoms with E-state index in [2.05, 4.69) is 0 Å². The molecule has 3 N–H and O–H groups in total. The third-order valence-corrected chi connectivity index (χ3v) is 9.76. The van der Waals surface area contributed by atoms with E-state index in [1.165, 1.54) is 0 Å². The number of Topliss-reactive ketones (excluding diaryl/α,β-unsaturated/α-hetero) is 1. The standard InChI is InChI=1S/C21H23ClO5.C21H21ClO5.B.Na.H/c2*1-12(20(24)25)8-13-4-6-16(7-5-13)26-11-14-9-15(22)10-17-18(14)27-21(2,3)19(17)23;;;/h4-7,9-10,12,19,23H,8,11H2,1-3H3,(H,24,25);4-7,9-10,12H,8,11H2,1-3H3,(H,24,25);;;/q;;;+1;-1. The third-order valence-electron chi connectivity index (χ3n) is 9.32. The van der Waals surface area contributed by atoms with E-state index in [-0.39, 0.29) is 58.4 Å². The van der Waals surface area contributed by atoms with E-state index in [1.807, 2.05) is 50.2 Å². The van der Waals surface area contributed by atoms with Gasteiger partial charge in [-0.25, -0.2) is 0 Å². The molecule has 0 fully saturated rings. The molecule has 4 aromatic rings. The molecule has 0 spiro atoms. The second-order valence-corrected chi connectivity index (χ2v) is 15.6. The molecule has 0 bridgehead atoms. The minimum atomic E-state index is -0.912. The molecular formula is C42H45BCl2NaO10. The van der Waals surface area contributed by atoms with Crippen LogP contribution in [0.2, 0.25) is 10.0 Å². The molecule has 2 aliphatic heterocycles. The number of ether oxygens (including phenoxy) is 4. The molecule has 0 amide bonds. The number of aliphatic hydroxyl groups is 1. The van der Waals surface area contributed by atoms with Crippen molar-refractivity contribution in [1.29, 1.82) is 0 Å². The van der Waals surface area contributed by atoms with Crippen LogP contribution in [0.3, 0.4) is 0 Å². The molecule has 4 aromatic carbocycles. The number of hydrogen-bond donors (Lipinski definition) is 3. The Morgan fingerprint density at radius 2 is 1.18 bits per heavy atom. The summed E-state index contributed by atoms with van der Waals surface area (Å²) in [6.07, 6.45) is 0.182. The molecule has 2 aliphatic rings. The number of carbonyl (C=O) groups is 3. The summed E-state index contributed by atoms with van der Waals surface area (Å²) in [5.74, 6) is -0.171. The largest absolute Gasteiger partial charge is 1.00 e. The Labute approximate surface area is 362 Å². The molecule has 3 atom stereocenters. The molecule has 2 heterocycles. The topological polar surface area (TPSA) is 149 Å². The zero-order valence-electron chi connectivity index (χ0n) is 33.5. The molecule has 3 radical (unpaired) electrons. The first-order valence-corrected chi connectivity index (χ1v) is 18.2. The van der Waals surface area contributed by atoms with Gasteiger partial charge in [0.25, 0.3) is 0 Å². The van der Waals surface area contributed by atoms with Gasteiger partial charge in [0.15, 0.2) is 5.60 Å². The Hall–Kier alpha value is -3.71. The monoisotopic (exact) mass is 813 g/mol. The smallest absolute Gasteiger partial charge is 1.00 e. The van der Waals surface area contributed by atoms with Crippen LogP contribution in [0.15, 0.2) is 72.8 Å². The van der Waals surface area contributed by atoms with Crippen molar-refractivity contribution in [2.24, 2.45) is 11.8 Å². The van der Waals surface area contributed by atoms with Gasteiger partial charge in [-0.2, -0.15) is 0 Å². The fraction of sp³-hybridized carbons (Fsp3) is 0.357. The van der Waals surface area contributed by atoms with Gasteiger partial charge in [-0.1, -0.05) is 61.3 Å². The molecular weight excluding hydrogens is 769 g/mol. The fourth-order valence-electron chi connectivity index (χ4n) is 6.12. The summed E-state index contributed by atoms with van der Waals surface area (Å²) >= 11 is 12.3. The number of aliphatic hydroxyl groups excluding tert-OH is 1. The number of halogens is 2. The Morgan fingerprint density at radius 1 is 0.750 bits per heavy atom. The van der Waals surface area contributed by atoms with E-state index in [0.717, 1.165) is 16.7 Å². The summed E-state index contributed by atoms with van der Waals surface area (Å²) in [6.45, 7) is 10.9. The first-order chi connectivity index (χ1) is 25.3. The van der Waals surface area contributed by atoms with Crippen molar-refractivity contribution in [3.05, 3.63) is 116 Å². The minimum absolute atomic E-state index is 0. The number of ketones is 1. The number of fused-ring (bicyclic) bond motifs is 2. The maximum absolute atomic E-state index is 12.4. The Bertz CT molecular complexity index is 2040. The molecule has 10 nitrogen and oxygen atoms in total. The van der Waals surface area contributed by atoms with Crippen molar-refractivity contribution in [3.63, 3.8) is 0 Å². The van der Waals surface area contributed by atoms with E-state index in [4.69, 9.17) is 52.4 Å². The van der Waals surface area contributed by atoms with Crippen LogP contribution >= 0.6 is 23.2 Å². The van der Waals surface area contributed by atoms with Gasteiger partial charge < -0.3 is 35.7 Å². The average Bonchev–Trinajstić information content (AvgIpc) is 3.49. The first-order valence-electron chi connectivity index (χ1n) is 17.5. The second-order valence-electron chi connectivity index (χ2n) is 14.7. The van der Waals surface area contributed by atoms with Gasteiger partial charge in [0.05, 0.1) is 17.4 Å². The molecule has 0 saturated heterocycles. The Kier molecular flexibility index (Phi) is 16.0. The van der Waals surface area contributed by atoms with Crippen LogP contribution in [0, 0.1) is 11.8 Å². The number of carboxylic acids is 2. The van der Waals surface area contributed by atoms with Gasteiger partial charge in [-0.05, 0) is 100 Å². The molecule has 291 valence electrons. The number of benzene rings is 4. The summed E-state index contributed by atoms with van der Waals surface area (Å²) in [5.41, 5.74) is 2.86. The van der Waals surface area contributed by atoms with E-state index in [9.17, 15) is 19.5 Å². The van der Waals surface area contributed by atoms with Gasteiger partial charge in [0.2, 0.25) is 5.78 Å². The number of carbonyl (C=O) groups excluding carboxylic acids is 1. The van der Waals surface area contributed by atoms with Gasteiger partial charge in [-0.15, -0.1) is 0 Å². The molecule has 6 rings (SSSR count). The molecule has 56 heavy (non-hydrogen) atoms. The molecule has 0 aromatic heterocycles. The van der Waals surface area contributed by atoms with Crippen LogP contribution in [0.25, 0.3) is 0 Å². The van der Waals surface area contributed by atoms with Crippen molar-refractivity contribution in [2.75, 3.05) is 0 Å². The number of aliphatic carboxylic acids is 2. The zero-order chi connectivity index (χ0) is 39.5. The Morgan fingerprint density at radius 3 is 1.62 bits per heavy atom. The molecule has 3 unspecified atom stereocenters. The first kappa shape index (κ1) is 46.7. The van der Waals surface area contributed by atoms with Gasteiger partial charge in [0.1, 0.15) is 47.9 Å². The predicted molar refractivity (Wildman–Crippen MR) is 211 cm³/mol. The number of rotatable bonds is 12. The number of hydrogen-bond acceptors (Lipinski definition) is 8. The number of carboxylic acid groups (broad SMARTS) is 2. The van der Waals surface area contributed by atoms with Crippen molar-refractivity contribution in [2.45, 2.75) is 84.9 Å². The predicted octanol–water partition coefficient (Wildman–Crippen LogP) is 5.66. The maximum Gasteiger partial charge on any atom is 1.00 e. The van der Waals surface area contributed by atoms with Gasteiger partial charge in [-0.3, -0.25) is 14.4 Å². The zero-order valence-corrected chi connectivity index (χ0v) is 36.0. The van der Waals surface area contributed by atoms with Crippen LogP contribution in [0.1, 0.15) is 87.2 Å². The molecule has 0 aliphatic carbocycles. The quantitative estimate of drug-likeness (QED) is 0.153. The van der Waals surface area contributed by atoms with Crippen molar-refractivity contribution in [1.82, 2.24) is 0 Å². The second kappa shape index (κ2) is 19.2. The Balaban J connectivity index is 0.000000374. The third kappa shape index (κ3) is 11.2. The summed E-state index contributed by atoms with van der Waals surface area (Å²) in [6, 6.07) is 21.5. The summed E-state index contributed by atoms with van der Waals surface area (Å²) in [7, 11) is 0. The van der Waals surface area contributed by atoms with E-state index in [0.29, 0.717) is 62.6 Å². The molecule has 14 heteroatoms. The van der Waals surface area contributed by atoms with Gasteiger partial charge in [0, 0.05) is 35.1 Å². The van der Waals surface area contributed by atoms with Crippen LogP contribution in [0.5, 0.6) is 23.0 Å². The van der Waals surface area contributed by atoms with Crippen LogP contribution in [-0.4, -0.2) is 52.7 Å². The van der Waals surface area contributed by atoms with Crippen LogP contribution < -0.4 is 48.5 Å². The van der Waals surface area contributed by atoms with E-state index < -0.39 is 41.1 Å². The van der Waals surface area contributed by atoms with E-state index >= 15 is 0 Å². The van der Waals surface area contributed by atoms with Crippen LogP contribution in [-0.2, 0) is 35.6 Å². The fourth-order valence-corrected chi connectivity index (χ4v) is 6.61. The normalized spacial score (nSPS) is 16.5. The van der Waals surface area contributed by atoms with E-state index in [1.54, 1.807) is 64.1 Å². The van der Waals surface area contributed by atoms with Crippen molar-refractivity contribution < 1.29 is 79.6 Å². The van der Waals surface area contributed by atoms with Gasteiger partial charge >= 0.3 is 41.5 Å². The summed E-state index contributed by atoms with van der Waals surface area (Å²) < 4.78 is 23.4. The SMILES string of the molecule is CC(Cc1ccc(OCc2cc(Cl)cc3c2OC(C)(C)C3=O)cc1)C(=O)O.CC(Cc1ccc(OCc2cc(Cl)cc3c2OC(C)(C)C3O)cc1)C(=O)O.[B].[H-].[Na+]. The minimum Gasteiger partial charge on any atom is -1.00 e. The molecule has 0 saturated carbocycles. The van der Waals surface area contributed by atoms with Crippen molar-refractivity contribution >= 4 is 49.3 Å². The van der Waals surface area contributed by atoms with Crippen molar-refractivity contribution in [3.8, 4) is 23.0 Å². The average molecular weight is 815 g/mol. The summed E-state index contributed by atoms with van der Waals surface area (Å²) in [4.78, 5) is 34.3. The summed E-state index contributed by atoms with van der Waals surface area (Å²) in [5, 5.41) is 29.4. The maximum atomic E-state index is 12.4.